The number of hydrogen-bond acceptors (Lipinski definition) is 3. The molecule has 0 radical (unpaired) electrons. The average Bonchev–Trinajstić information content (AvgIpc) is 2.50. The molecule has 1 heterocycles. The maximum atomic E-state index is 11.7. The largest absolute Gasteiger partial charge is 0.387 e. The van der Waals surface area contributed by atoms with Crippen LogP contribution in [0.1, 0.15) is 17.2 Å². The molecule has 1 atom stereocenters. The van der Waals surface area contributed by atoms with E-state index in [1.807, 2.05) is 49.4 Å². The molecular weight excluding hydrogens is 264 g/mol. The summed E-state index contributed by atoms with van der Waals surface area (Å²) in [6.07, 6.45) is 2.49. The van der Waals surface area contributed by atoms with Gasteiger partial charge in [0.15, 0.2) is 0 Å². The highest BCUT2D eigenvalue weighted by molar-refractivity contribution is 5.85. The van der Waals surface area contributed by atoms with E-state index in [1.54, 1.807) is 6.20 Å². The monoisotopic (exact) mass is 280 g/mol. The van der Waals surface area contributed by atoms with Gasteiger partial charge in [-0.25, -0.2) is 9.78 Å². The Morgan fingerprint density at radius 3 is 2.81 bits per heavy atom. The lowest BCUT2D eigenvalue weighted by atomic mass is 10.0. The lowest BCUT2D eigenvalue weighted by molar-refractivity contribution is 0.156. The molecule has 0 aliphatic heterocycles. The molecule has 106 valence electrons. The molecule has 0 bridgehead atoms. The van der Waals surface area contributed by atoms with Gasteiger partial charge < -0.3 is 5.11 Å². The Bertz CT molecular complexity index is 834. The quantitative estimate of drug-likeness (QED) is 0.801. The second-order valence-corrected chi connectivity index (χ2v) is 5.15. The van der Waals surface area contributed by atoms with Gasteiger partial charge in [-0.2, -0.15) is 0 Å². The SMILES string of the molecule is Cc1cnc(=O)n(CC(O)c2cccc3ccccc23)c1. The van der Waals surface area contributed by atoms with Crippen molar-refractivity contribution in [3.8, 4) is 0 Å². The van der Waals surface area contributed by atoms with Crippen molar-refractivity contribution in [1.29, 1.82) is 0 Å². The van der Waals surface area contributed by atoms with Crippen LogP contribution >= 0.6 is 0 Å². The first-order valence-electron chi connectivity index (χ1n) is 6.84. The Morgan fingerprint density at radius 2 is 1.95 bits per heavy atom. The molecule has 1 unspecified atom stereocenters. The predicted molar refractivity (Wildman–Crippen MR) is 82.1 cm³/mol. The number of aliphatic hydroxyl groups is 1. The number of nitrogens with zero attached hydrogens (tertiary/aromatic N) is 2. The Labute approximate surface area is 122 Å². The van der Waals surface area contributed by atoms with E-state index in [4.69, 9.17) is 0 Å². The third kappa shape index (κ3) is 2.71. The molecule has 3 aromatic rings. The molecule has 0 aliphatic rings. The van der Waals surface area contributed by atoms with Gasteiger partial charge in [0.1, 0.15) is 0 Å². The number of hydrogen-bond donors (Lipinski definition) is 1. The summed E-state index contributed by atoms with van der Waals surface area (Å²) in [5.41, 5.74) is 1.36. The highest BCUT2D eigenvalue weighted by atomic mass is 16.3. The van der Waals surface area contributed by atoms with Crippen molar-refractivity contribution in [3.05, 3.63) is 76.5 Å². The number of aromatic nitrogens is 2. The topological polar surface area (TPSA) is 55.1 Å². The first-order valence-corrected chi connectivity index (χ1v) is 6.84. The van der Waals surface area contributed by atoms with E-state index in [0.29, 0.717) is 0 Å². The minimum Gasteiger partial charge on any atom is -0.387 e. The molecule has 1 N–H and O–H groups in total. The van der Waals surface area contributed by atoms with Gasteiger partial charge >= 0.3 is 5.69 Å². The van der Waals surface area contributed by atoms with E-state index in [-0.39, 0.29) is 12.2 Å². The smallest absolute Gasteiger partial charge is 0.347 e. The minimum absolute atomic E-state index is 0.196. The molecular formula is C17H16N2O2. The van der Waals surface area contributed by atoms with Crippen LogP contribution in [0.3, 0.4) is 0 Å². The summed E-state index contributed by atoms with van der Waals surface area (Å²) in [5.74, 6) is 0. The number of aryl methyl sites for hydroxylation is 1. The molecule has 0 saturated heterocycles. The van der Waals surface area contributed by atoms with Gasteiger partial charge in [0.25, 0.3) is 0 Å². The van der Waals surface area contributed by atoms with Crippen LogP contribution in [-0.2, 0) is 6.54 Å². The Balaban J connectivity index is 1.99. The number of aliphatic hydroxyl groups excluding tert-OH is 1. The highest BCUT2D eigenvalue weighted by Gasteiger charge is 2.12. The maximum absolute atomic E-state index is 11.7. The molecule has 3 rings (SSSR count). The van der Waals surface area contributed by atoms with E-state index in [0.717, 1.165) is 21.9 Å². The fraction of sp³-hybridized carbons (Fsp3) is 0.176. The number of benzene rings is 2. The van der Waals surface area contributed by atoms with Crippen molar-refractivity contribution in [2.45, 2.75) is 19.6 Å². The van der Waals surface area contributed by atoms with Crippen LogP contribution in [-0.4, -0.2) is 14.7 Å². The summed E-state index contributed by atoms with van der Waals surface area (Å²) in [7, 11) is 0. The van der Waals surface area contributed by atoms with Gasteiger partial charge in [0.2, 0.25) is 0 Å². The summed E-state index contributed by atoms with van der Waals surface area (Å²) in [5, 5.41) is 12.6. The molecule has 21 heavy (non-hydrogen) atoms. The zero-order chi connectivity index (χ0) is 14.8. The second kappa shape index (κ2) is 5.50. The zero-order valence-electron chi connectivity index (χ0n) is 11.7. The van der Waals surface area contributed by atoms with Crippen LogP contribution in [0.15, 0.2) is 59.7 Å². The van der Waals surface area contributed by atoms with E-state index in [1.165, 1.54) is 10.8 Å². The minimum atomic E-state index is -0.752. The van der Waals surface area contributed by atoms with Gasteiger partial charge in [-0.3, -0.25) is 4.57 Å². The molecule has 0 fully saturated rings. The predicted octanol–water partition coefficient (Wildman–Crippen LogP) is 2.44. The van der Waals surface area contributed by atoms with Crippen LogP contribution < -0.4 is 5.69 Å². The van der Waals surface area contributed by atoms with Crippen molar-refractivity contribution in [2.75, 3.05) is 0 Å². The molecule has 0 amide bonds. The van der Waals surface area contributed by atoms with Gasteiger partial charge in [-0.1, -0.05) is 42.5 Å². The van der Waals surface area contributed by atoms with E-state index in [9.17, 15) is 9.90 Å². The van der Waals surface area contributed by atoms with Crippen molar-refractivity contribution in [2.24, 2.45) is 0 Å². The first-order chi connectivity index (χ1) is 10.1. The van der Waals surface area contributed by atoms with Crippen molar-refractivity contribution < 1.29 is 5.11 Å². The lowest BCUT2D eigenvalue weighted by Gasteiger charge is -2.15. The third-order valence-electron chi connectivity index (χ3n) is 3.54. The fourth-order valence-corrected chi connectivity index (χ4v) is 2.52. The molecule has 0 aliphatic carbocycles. The van der Waals surface area contributed by atoms with Crippen LogP contribution in [0.2, 0.25) is 0 Å². The summed E-state index contributed by atoms with van der Waals surface area (Å²) in [4.78, 5) is 15.5. The molecule has 0 spiro atoms. The van der Waals surface area contributed by atoms with E-state index in [2.05, 4.69) is 4.98 Å². The normalized spacial score (nSPS) is 12.5. The Morgan fingerprint density at radius 1 is 1.19 bits per heavy atom. The van der Waals surface area contributed by atoms with E-state index < -0.39 is 6.10 Å². The van der Waals surface area contributed by atoms with Crippen LogP contribution in [0.4, 0.5) is 0 Å². The van der Waals surface area contributed by atoms with Crippen LogP contribution in [0.5, 0.6) is 0 Å². The van der Waals surface area contributed by atoms with Gasteiger partial charge in [-0.05, 0) is 28.8 Å². The van der Waals surface area contributed by atoms with Gasteiger partial charge in [-0.15, -0.1) is 0 Å². The molecule has 4 nitrogen and oxygen atoms in total. The second-order valence-electron chi connectivity index (χ2n) is 5.15. The molecule has 0 saturated carbocycles. The summed E-state index contributed by atoms with van der Waals surface area (Å²) >= 11 is 0. The molecule has 1 aromatic heterocycles. The molecule has 2 aromatic carbocycles. The lowest BCUT2D eigenvalue weighted by Crippen LogP contribution is -2.25. The molecule has 4 heteroatoms. The fourth-order valence-electron chi connectivity index (χ4n) is 2.52. The number of fused-ring (bicyclic) bond motifs is 1. The summed E-state index contributed by atoms with van der Waals surface area (Å²) in [6, 6.07) is 13.7. The summed E-state index contributed by atoms with van der Waals surface area (Å²) in [6.45, 7) is 2.06. The highest BCUT2D eigenvalue weighted by Crippen LogP contribution is 2.24. The van der Waals surface area contributed by atoms with Gasteiger partial charge in [0.05, 0.1) is 12.6 Å². The Kier molecular flexibility index (Phi) is 3.54. The third-order valence-corrected chi connectivity index (χ3v) is 3.54. The van der Waals surface area contributed by atoms with Gasteiger partial charge in [0, 0.05) is 12.4 Å². The van der Waals surface area contributed by atoms with Crippen molar-refractivity contribution in [1.82, 2.24) is 9.55 Å². The van der Waals surface area contributed by atoms with Crippen molar-refractivity contribution >= 4 is 10.8 Å². The van der Waals surface area contributed by atoms with Crippen LogP contribution in [0.25, 0.3) is 10.8 Å². The van der Waals surface area contributed by atoms with Crippen LogP contribution in [0, 0.1) is 6.92 Å². The standard InChI is InChI=1S/C17H16N2O2/c1-12-9-18-17(21)19(10-12)11-16(20)15-8-4-6-13-5-2-3-7-14(13)15/h2-10,16,20H,11H2,1H3. The Hall–Kier alpha value is -2.46. The average molecular weight is 280 g/mol. The maximum Gasteiger partial charge on any atom is 0.347 e. The zero-order valence-corrected chi connectivity index (χ0v) is 11.7. The first kappa shape index (κ1) is 13.5. The van der Waals surface area contributed by atoms with E-state index >= 15 is 0 Å². The summed E-state index contributed by atoms with van der Waals surface area (Å²) < 4.78 is 1.45. The van der Waals surface area contributed by atoms with Crippen molar-refractivity contribution in [3.63, 3.8) is 0 Å². The number of rotatable bonds is 3.